The Balaban J connectivity index is 1.76. The maximum absolute atomic E-state index is 12.1. The van der Waals surface area contributed by atoms with E-state index in [-0.39, 0.29) is 18.1 Å². The van der Waals surface area contributed by atoms with Gasteiger partial charge in [0.2, 0.25) is 0 Å². The van der Waals surface area contributed by atoms with E-state index in [1.807, 2.05) is 36.4 Å². The van der Waals surface area contributed by atoms with Gasteiger partial charge in [-0.15, -0.1) is 0 Å². The molecule has 6 nitrogen and oxygen atoms in total. The maximum Gasteiger partial charge on any atom is 0.266 e. The number of pyridine rings is 1. The highest BCUT2D eigenvalue weighted by molar-refractivity contribution is 5.79. The molecule has 6 heteroatoms. The average Bonchev–Trinajstić information content (AvgIpc) is 2.71. The average molecular weight is 373 g/mol. The first-order valence-electron chi connectivity index (χ1n) is 8.75. The van der Waals surface area contributed by atoms with E-state index >= 15 is 0 Å². The van der Waals surface area contributed by atoms with E-state index in [2.05, 4.69) is 10.3 Å². The fourth-order valence-corrected chi connectivity index (χ4v) is 2.82. The van der Waals surface area contributed by atoms with Crippen molar-refractivity contribution in [2.45, 2.75) is 13.5 Å². The summed E-state index contributed by atoms with van der Waals surface area (Å²) in [6, 6.07) is 20.3. The van der Waals surface area contributed by atoms with Crippen LogP contribution in [0.2, 0.25) is 0 Å². The number of aromatic nitrogens is 1. The van der Waals surface area contributed by atoms with Crippen LogP contribution >= 0.6 is 0 Å². The van der Waals surface area contributed by atoms with Crippen LogP contribution in [-0.4, -0.2) is 17.5 Å². The summed E-state index contributed by atoms with van der Waals surface area (Å²) in [6.07, 6.45) is 0. The Labute approximate surface area is 162 Å². The zero-order chi connectivity index (χ0) is 19.9. The van der Waals surface area contributed by atoms with Crippen molar-refractivity contribution in [3.05, 3.63) is 87.8 Å². The lowest BCUT2D eigenvalue weighted by molar-refractivity contribution is -0.123. The summed E-state index contributed by atoms with van der Waals surface area (Å²) in [5, 5.41) is 12.2. The molecule has 140 valence electrons. The van der Waals surface area contributed by atoms with Crippen molar-refractivity contribution in [1.29, 1.82) is 5.26 Å². The molecule has 2 aromatic carbocycles. The highest BCUT2D eigenvalue weighted by atomic mass is 16.5. The molecule has 3 rings (SSSR count). The summed E-state index contributed by atoms with van der Waals surface area (Å²) in [5.74, 6) is 0.167. The molecule has 0 fully saturated rings. The van der Waals surface area contributed by atoms with Gasteiger partial charge in [-0.05, 0) is 24.6 Å². The van der Waals surface area contributed by atoms with Crippen molar-refractivity contribution in [1.82, 2.24) is 10.3 Å². The zero-order valence-electron chi connectivity index (χ0n) is 15.4. The van der Waals surface area contributed by atoms with Crippen molar-refractivity contribution in [2.75, 3.05) is 6.61 Å². The van der Waals surface area contributed by atoms with E-state index in [0.29, 0.717) is 29.1 Å². The number of nitrogens with one attached hydrogen (secondary N) is 2. The zero-order valence-corrected chi connectivity index (χ0v) is 15.4. The Kier molecular flexibility index (Phi) is 5.87. The molecule has 0 atom stereocenters. The van der Waals surface area contributed by atoms with Gasteiger partial charge in [0.25, 0.3) is 11.5 Å². The maximum atomic E-state index is 12.1. The van der Waals surface area contributed by atoms with Gasteiger partial charge < -0.3 is 15.0 Å². The summed E-state index contributed by atoms with van der Waals surface area (Å²) in [7, 11) is 0. The number of hydrogen-bond donors (Lipinski definition) is 2. The molecule has 0 aliphatic carbocycles. The number of rotatable bonds is 6. The standard InChI is InChI=1S/C22H19N3O3/c1-15-11-18(19(12-23)22(27)25-15)17-9-5-6-10-20(17)28-14-21(26)24-13-16-7-3-2-4-8-16/h2-11H,13-14H2,1H3,(H,24,26)(H,25,27). The van der Waals surface area contributed by atoms with Gasteiger partial charge in [0.05, 0.1) is 0 Å². The van der Waals surface area contributed by atoms with Gasteiger partial charge in [0, 0.05) is 23.4 Å². The van der Waals surface area contributed by atoms with Crippen molar-refractivity contribution in [3.8, 4) is 22.9 Å². The van der Waals surface area contributed by atoms with Crippen molar-refractivity contribution in [3.63, 3.8) is 0 Å². The predicted octanol–water partition coefficient (Wildman–Crippen LogP) is 2.92. The Hall–Kier alpha value is -3.85. The number of aromatic amines is 1. The van der Waals surface area contributed by atoms with Crippen molar-refractivity contribution < 1.29 is 9.53 Å². The van der Waals surface area contributed by atoms with Crippen LogP contribution in [-0.2, 0) is 11.3 Å². The predicted molar refractivity (Wildman–Crippen MR) is 106 cm³/mol. The van der Waals surface area contributed by atoms with Gasteiger partial charge in [-0.3, -0.25) is 9.59 Å². The number of aryl methyl sites for hydroxylation is 1. The number of para-hydroxylation sites is 1. The number of nitriles is 1. The Morgan fingerprint density at radius 1 is 1.11 bits per heavy atom. The van der Waals surface area contributed by atoms with Crippen LogP contribution < -0.4 is 15.6 Å². The van der Waals surface area contributed by atoms with Gasteiger partial charge >= 0.3 is 0 Å². The highest BCUT2D eigenvalue weighted by Crippen LogP contribution is 2.31. The van der Waals surface area contributed by atoms with Crippen LogP contribution in [0.1, 0.15) is 16.8 Å². The van der Waals surface area contributed by atoms with Crippen molar-refractivity contribution in [2.24, 2.45) is 0 Å². The minimum absolute atomic E-state index is 0.00943. The fourth-order valence-electron chi connectivity index (χ4n) is 2.82. The second-order valence-electron chi connectivity index (χ2n) is 6.23. The summed E-state index contributed by atoms with van der Waals surface area (Å²) >= 11 is 0. The highest BCUT2D eigenvalue weighted by Gasteiger charge is 2.15. The third-order valence-electron chi connectivity index (χ3n) is 4.15. The van der Waals surface area contributed by atoms with E-state index in [1.165, 1.54) is 0 Å². The second-order valence-corrected chi connectivity index (χ2v) is 6.23. The third kappa shape index (κ3) is 4.46. The largest absolute Gasteiger partial charge is 0.483 e. The molecule has 0 saturated carbocycles. The number of hydrogen-bond acceptors (Lipinski definition) is 4. The molecule has 0 saturated heterocycles. The number of benzene rings is 2. The first-order valence-corrected chi connectivity index (χ1v) is 8.75. The molecule has 0 unspecified atom stereocenters. The topological polar surface area (TPSA) is 95.0 Å². The number of ether oxygens (including phenoxy) is 1. The fraction of sp³-hybridized carbons (Fsp3) is 0.136. The van der Waals surface area contributed by atoms with Gasteiger partial charge in [-0.1, -0.05) is 48.5 Å². The molecule has 3 aromatic rings. The molecule has 0 spiro atoms. The second kappa shape index (κ2) is 8.69. The lowest BCUT2D eigenvalue weighted by Gasteiger charge is -2.13. The Morgan fingerprint density at radius 2 is 1.82 bits per heavy atom. The van der Waals surface area contributed by atoms with Crippen molar-refractivity contribution >= 4 is 5.91 Å². The first kappa shape index (κ1) is 18.9. The van der Waals surface area contributed by atoms with E-state index in [4.69, 9.17) is 4.74 Å². The van der Waals surface area contributed by atoms with Gasteiger partial charge in [-0.25, -0.2) is 0 Å². The van der Waals surface area contributed by atoms with Gasteiger partial charge in [0.15, 0.2) is 6.61 Å². The summed E-state index contributed by atoms with van der Waals surface area (Å²) < 4.78 is 5.69. The van der Waals surface area contributed by atoms with Crippen LogP contribution in [0.5, 0.6) is 5.75 Å². The number of amides is 1. The van der Waals surface area contributed by atoms with Crippen LogP contribution in [0.25, 0.3) is 11.1 Å². The number of nitrogens with zero attached hydrogens (tertiary/aromatic N) is 1. The molecule has 0 aliphatic rings. The lowest BCUT2D eigenvalue weighted by Crippen LogP contribution is -2.28. The molecular formula is C22H19N3O3. The van der Waals surface area contributed by atoms with E-state index in [9.17, 15) is 14.9 Å². The SMILES string of the molecule is Cc1cc(-c2ccccc2OCC(=O)NCc2ccccc2)c(C#N)c(=O)[nH]1. The molecule has 0 aliphatic heterocycles. The minimum Gasteiger partial charge on any atom is -0.483 e. The number of carbonyl (C=O) groups is 1. The van der Waals surface area contributed by atoms with E-state index in [0.717, 1.165) is 5.56 Å². The molecule has 2 N–H and O–H groups in total. The van der Waals surface area contributed by atoms with Gasteiger partial charge in [-0.2, -0.15) is 5.26 Å². The molecule has 28 heavy (non-hydrogen) atoms. The molecule has 1 heterocycles. The quantitative estimate of drug-likeness (QED) is 0.694. The summed E-state index contributed by atoms with van der Waals surface area (Å²) in [5.41, 5.74) is 2.25. The molecule has 1 aromatic heterocycles. The lowest BCUT2D eigenvalue weighted by atomic mass is 10.0. The summed E-state index contributed by atoms with van der Waals surface area (Å²) in [4.78, 5) is 26.8. The minimum atomic E-state index is -0.451. The van der Waals surface area contributed by atoms with E-state index in [1.54, 1.807) is 37.3 Å². The smallest absolute Gasteiger partial charge is 0.266 e. The Bertz CT molecular complexity index is 1080. The van der Waals surface area contributed by atoms with Crippen LogP contribution in [0.4, 0.5) is 0 Å². The summed E-state index contributed by atoms with van der Waals surface area (Å²) in [6.45, 7) is 1.98. The number of carbonyl (C=O) groups excluding carboxylic acids is 1. The molecular weight excluding hydrogens is 354 g/mol. The molecule has 0 radical (unpaired) electrons. The van der Waals surface area contributed by atoms with Gasteiger partial charge in [0.1, 0.15) is 17.4 Å². The normalized spacial score (nSPS) is 10.1. The third-order valence-corrected chi connectivity index (χ3v) is 4.15. The monoisotopic (exact) mass is 373 g/mol. The number of H-pyrrole nitrogens is 1. The Morgan fingerprint density at radius 3 is 2.57 bits per heavy atom. The van der Waals surface area contributed by atoms with Crippen LogP contribution in [0, 0.1) is 18.3 Å². The first-order chi connectivity index (χ1) is 13.6. The van der Waals surface area contributed by atoms with E-state index < -0.39 is 5.56 Å². The van der Waals surface area contributed by atoms with Crippen LogP contribution in [0.15, 0.2) is 65.5 Å². The molecule has 0 bridgehead atoms. The van der Waals surface area contributed by atoms with Crippen LogP contribution in [0.3, 0.4) is 0 Å². The molecule has 1 amide bonds.